The summed E-state index contributed by atoms with van der Waals surface area (Å²) in [5.74, 6) is 0. The van der Waals surface area contributed by atoms with E-state index in [9.17, 15) is 0 Å². The molecule has 2 atom stereocenters. The minimum atomic E-state index is 0.787. The predicted molar refractivity (Wildman–Crippen MR) is 76.8 cm³/mol. The zero-order valence-corrected chi connectivity index (χ0v) is 11.7. The van der Waals surface area contributed by atoms with Crippen molar-refractivity contribution in [2.75, 3.05) is 19.6 Å². The van der Waals surface area contributed by atoms with Crippen LogP contribution < -0.4 is 5.32 Å². The molecule has 1 aliphatic carbocycles. The number of piperidine rings is 1. The van der Waals surface area contributed by atoms with Gasteiger partial charge >= 0.3 is 0 Å². The van der Waals surface area contributed by atoms with E-state index in [1.165, 1.54) is 77.4 Å². The summed E-state index contributed by atoms with van der Waals surface area (Å²) in [6.07, 6.45) is 15.0. The van der Waals surface area contributed by atoms with Gasteiger partial charge in [-0.2, -0.15) is 0 Å². The molecule has 0 saturated carbocycles. The molecular formula is C16H28N2. The Morgan fingerprint density at radius 1 is 1.11 bits per heavy atom. The fourth-order valence-electron chi connectivity index (χ4n) is 4.04. The molecule has 2 fully saturated rings. The van der Waals surface area contributed by atoms with E-state index in [0.717, 1.165) is 12.1 Å². The van der Waals surface area contributed by atoms with Gasteiger partial charge in [-0.3, -0.25) is 4.90 Å². The van der Waals surface area contributed by atoms with Gasteiger partial charge in [-0.25, -0.2) is 0 Å². The summed E-state index contributed by atoms with van der Waals surface area (Å²) < 4.78 is 0. The number of fused-ring (bicyclic) bond motifs is 1. The molecule has 0 aromatic rings. The van der Waals surface area contributed by atoms with Gasteiger partial charge in [0.15, 0.2) is 0 Å². The van der Waals surface area contributed by atoms with Gasteiger partial charge < -0.3 is 5.32 Å². The third-order valence-electron chi connectivity index (χ3n) is 5.09. The van der Waals surface area contributed by atoms with E-state index in [4.69, 9.17) is 0 Å². The molecule has 0 radical (unpaired) electrons. The van der Waals surface area contributed by atoms with Crippen LogP contribution in [0.1, 0.15) is 57.8 Å². The van der Waals surface area contributed by atoms with Crippen LogP contribution in [0.5, 0.6) is 0 Å². The van der Waals surface area contributed by atoms with Crippen molar-refractivity contribution >= 4 is 0 Å². The first-order chi connectivity index (χ1) is 8.93. The van der Waals surface area contributed by atoms with Gasteiger partial charge in [0, 0.05) is 18.6 Å². The van der Waals surface area contributed by atoms with Crippen LogP contribution in [-0.2, 0) is 0 Å². The molecule has 2 heterocycles. The maximum Gasteiger partial charge on any atom is 0.0249 e. The van der Waals surface area contributed by atoms with E-state index >= 15 is 0 Å². The molecule has 2 saturated heterocycles. The van der Waals surface area contributed by atoms with Gasteiger partial charge in [0.25, 0.3) is 0 Å². The lowest BCUT2D eigenvalue weighted by Crippen LogP contribution is -2.45. The number of nitrogens with one attached hydrogen (secondary N) is 1. The average Bonchev–Trinajstić information content (AvgIpc) is 2.84. The highest BCUT2D eigenvalue weighted by Gasteiger charge is 2.34. The SMILES string of the molecule is C1=C(CCNC2CCN3CCCCC23)CCCC1. The second-order valence-electron chi connectivity index (χ2n) is 6.31. The Labute approximate surface area is 112 Å². The van der Waals surface area contributed by atoms with Crippen LogP contribution in [0.15, 0.2) is 11.6 Å². The normalized spacial score (nSPS) is 33.2. The monoisotopic (exact) mass is 248 g/mol. The number of allylic oxidation sites excluding steroid dienone is 1. The first-order valence-corrected chi connectivity index (χ1v) is 8.09. The zero-order chi connectivity index (χ0) is 12.2. The second-order valence-corrected chi connectivity index (χ2v) is 6.31. The predicted octanol–water partition coefficient (Wildman–Crippen LogP) is 3.09. The average molecular weight is 248 g/mol. The summed E-state index contributed by atoms with van der Waals surface area (Å²) in [6, 6.07) is 1.65. The van der Waals surface area contributed by atoms with Crippen LogP contribution in [0.3, 0.4) is 0 Å². The first kappa shape index (κ1) is 12.7. The highest BCUT2D eigenvalue weighted by molar-refractivity contribution is 5.05. The highest BCUT2D eigenvalue weighted by atomic mass is 15.2. The maximum atomic E-state index is 3.85. The molecule has 0 aromatic carbocycles. The fraction of sp³-hybridized carbons (Fsp3) is 0.875. The van der Waals surface area contributed by atoms with Crippen molar-refractivity contribution < 1.29 is 0 Å². The lowest BCUT2D eigenvalue weighted by atomic mass is 9.96. The molecule has 1 N–H and O–H groups in total. The largest absolute Gasteiger partial charge is 0.312 e. The van der Waals surface area contributed by atoms with Gasteiger partial charge in [0.2, 0.25) is 0 Å². The van der Waals surface area contributed by atoms with Crippen molar-refractivity contribution in [3.05, 3.63) is 11.6 Å². The van der Waals surface area contributed by atoms with Crippen molar-refractivity contribution in [3.8, 4) is 0 Å². The molecule has 102 valence electrons. The molecule has 18 heavy (non-hydrogen) atoms. The Morgan fingerprint density at radius 3 is 3.00 bits per heavy atom. The zero-order valence-electron chi connectivity index (χ0n) is 11.7. The van der Waals surface area contributed by atoms with Crippen LogP contribution in [0, 0.1) is 0 Å². The molecule has 2 aliphatic heterocycles. The summed E-state index contributed by atoms with van der Waals surface area (Å²) in [7, 11) is 0. The molecule has 2 unspecified atom stereocenters. The summed E-state index contributed by atoms with van der Waals surface area (Å²) in [5, 5.41) is 3.85. The minimum Gasteiger partial charge on any atom is -0.312 e. The molecule has 0 amide bonds. The number of hydrogen-bond acceptors (Lipinski definition) is 2. The topological polar surface area (TPSA) is 15.3 Å². The summed E-state index contributed by atoms with van der Waals surface area (Å²) >= 11 is 0. The Morgan fingerprint density at radius 2 is 2.11 bits per heavy atom. The van der Waals surface area contributed by atoms with Crippen molar-refractivity contribution in [2.24, 2.45) is 0 Å². The second kappa shape index (κ2) is 6.21. The number of hydrogen-bond donors (Lipinski definition) is 1. The number of rotatable bonds is 4. The molecular weight excluding hydrogens is 220 g/mol. The summed E-state index contributed by atoms with van der Waals surface area (Å²) in [4.78, 5) is 2.72. The maximum absolute atomic E-state index is 3.85. The smallest absolute Gasteiger partial charge is 0.0249 e. The van der Waals surface area contributed by atoms with Crippen molar-refractivity contribution in [3.63, 3.8) is 0 Å². The van der Waals surface area contributed by atoms with E-state index < -0.39 is 0 Å². The van der Waals surface area contributed by atoms with Gasteiger partial charge in [-0.15, -0.1) is 0 Å². The number of nitrogens with zero attached hydrogens (tertiary/aromatic N) is 1. The van der Waals surface area contributed by atoms with E-state index in [-0.39, 0.29) is 0 Å². The van der Waals surface area contributed by atoms with Gasteiger partial charge in [0.05, 0.1) is 0 Å². The summed E-state index contributed by atoms with van der Waals surface area (Å²) in [6.45, 7) is 3.90. The molecule has 3 aliphatic rings. The third kappa shape index (κ3) is 2.97. The van der Waals surface area contributed by atoms with Gasteiger partial charge in [0.1, 0.15) is 0 Å². The Hall–Kier alpha value is -0.340. The minimum absolute atomic E-state index is 0.787. The molecule has 2 heteroatoms. The standard InChI is InChI=1S/C16H28N2/c1-2-6-14(7-3-1)9-11-17-15-10-13-18-12-5-4-8-16(15)18/h6,15-17H,1-5,7-13H2. The fourth-order valence-corrected chi connectivity index (χ4v) is 4.04. The molecule has 0 bridgehead atoms. The molecule has 0 aromatic heterocycles. The van der Waals surface area contributed by atoms with Crippen LogP contribution in [-0.4, -0.2) is 36.6 Å². The van der Waals surface area contributed by atoms with Gasteiger partial charge in [-0.1, -0.05) is 18.1 Å². The van der Waals surface area contributed by atoms with Crippen LogP contribution in [0.2, 0.25) is 0 Å². The van der Waals surface area contributed by atoms with E-state index in [2.05, 4.69) is 16.3 Å². The third-order valence-corrected chi connectivity index (χ3v) is 5.09. The van der Waals surface area contributed by atoms with Crippen LogP contribution >= 0.6 is 0 Å². The van der Waals surface area contributed by atoms with Crippen molar-refractivity contribution in [1.82, 2.24) is 10.2 Å². The van der Waals surface area contributed by atoms with E-state index in [0.29, 0.717) is 0 Å². The van der Waals surface area contributed by atoms with Gasteiger partial charge in [-0.05, 0) is 64.5 Å². The summed E-state index contributed by atoms with van der Waals surface area (Å²) in [5.41, 5.74) is 1.72. The Bertz CT molecular complexity index is 297. The Kier molecular flexibility index (Phi) is 4.37. The van der Waals surface area contributed by atoms with E-state index in [1.807, 2.05) is 0 Å². The van der Waals surface area contributed by atoms with Crippen LogP contribution in [0.4, 0.5) is 0 Å². The molecule has 0 spiro atoms. The van der Waals surface area contributed by atoms with Crippen LogP contribution in [0.25, 0.3) is 0 Å². The highest BCUT2D eigenvalue weighted by Crippen LogP contribution is 2.27. The lowest BCUT2D eigenvalue weighted by Gasteiger charge is -2.32. The quantitative estimate of drug-likeness (QED) is 0.769. The molecule has 3 rings (SSSR count). The van der Waals surface area contributed by atoms with Crippen molar-refractivity contribution in [2.45, 2.75) is 69.9 Å². The lowest BCUT2D eigenvalue weighted by molar-refractivity contribution is 0.181. The molecule has 2 nitrogen and oxygen atoms in total. The van der Waals surface area contributed by atoms with Crippen molar-refractivity contribution in [1.29, 1.82) is 0 Å². The Balaban J connectivity index is 1.41. The van der Waals surface area contributed by atoms with E-state index in [1.54, 1.807) is 5.57 Å². The first-order valence-electron chi connectivity index (χ1n) is 8.09.